The molecule has 2 saturated heterocycles. The highest BCUT2D eigenvalue weighted by molar-refractivity contribution is 5.92. The maximum Gasteiger partial charge on any atom is 0.322 e. The first kappa shape index (κ1) is 29.4. The Morgan fingerprint density at radius 3 is 2.38 bits per heavy atom. The summed E-state index contributed by atoms with van der Waals surface area (Å²) in [6, 6.07) is 17.3. The van der Waals surface area contributed by atoms with Crippen LogP contribution in [0.3, 0.4) is 0 Å². The Morgan fingerprint density at radius 1 is 0.905 bits per heavy atom. The van der Waals surface area contributed by atoms with Crippen molar-refractivity contribution in [1.82, 2.24) is 24.9 Å². The smallest absolute Gasteiger partial charge is 0.322 e. The van der Waals surface area contributed by atoms with Gasteiger partial charge >= 0.3 is 6.03 Å². The molecule has 11 heteroatoms. The lowest BCUT2D eigenvalue weighted by atomic mass is 10.1. The van der Waals surface area contributed by atoms with E-state index in [9.17, 15) is 14.0 Å². The zero-order valence-corrected chi connectivity index (χ0v) is 24.0. The number of morpholine rings is 1. The number of aromatic nitrogens is 2. The minimum Gasteiger partial charge on any atom is -0.379 e. The number of carbonyl (C=O) groups is 2. The molecule has 2 aliphatic rings. The number of urea groups is 1. The molecule has 10 nitrogen and oxygen atoms in total. The first-order valence-corrected chi connectivity index (χ1v) is 14.5. The van der Waals surface area contributed by atoms with E-state index in [4.69, 9.17) is 4.74 Å². The number of carbonyl (C=O) groups excluding carboxylic acids is 2. The summed E-state index contributed by atoms with van der Waals surface area (Å²) in [4.78, 5) is 34.6. The zero-order valence-electron chi connectivity index (χ0n) is 24.0. The van der Waals surface area contributed by atoms with Crippen LogP contribution in [0.25, 0.3) is 11.3 Å². The lowest BCUT2D eigenvalue weighted by molar-refractivity contribution is -0.131. The summed E-state index contributed by atoms with van der Waals surface area (Å²) in [6.45, 7) is 8.60. The van der Waals surface area contributed by atoms with Crippen LogP contribution in [0.4, 0.5) is 20.7 Å². The second kappa shape index (κ2) is 14.2. The molecule has 2 aliphatic heterocycles. The molecular formula is C31H38FN7O3. The fourth-order valence-corrected chi connectivity index (χ4v) is 5.11. The number of amides is 3. The first-order chi connectivity index (χ1) is 20.4. The largest absolute Gasteiger partial charge is 0.379 e. The van der Waals surface area contributed by atoms with Gasteiger partial charge in [0.2, 0.25) is 5.91 Å². The van der Waals surface area contributed by atoms with Crippen molar-refractivity contribution in [2.45, 2.75) is 13.3 Å². The van der Waals surface area contributed by atoms with Crippen LogP contribution < -0.4 is 10.2 Å². The Morgan fingerprint density at radius 2 is 1.67 bits per heavy atom. The van der Waals surface area contributed by atoms with Gasteiger partial charge in [-0.15, -0.1) is 10.2 Å². The number of nitrogens with zero attached hydrogens (tertiary/aromatic N) is 6. The molecule has 0 spiro atoms. The van der Waals surface area contributed by atoms with Crippen LogP contribution in [0, 0.1) is 12.7 Å². The normalized spacial score (nSPS) is 16.1. The van der Waals surface area contributed by atoms with Gasteiger partial charge in [0, 0.05) is 63.6 Å². The Labute approximate surface area is 246 Å². The van der Waals surface area contributed by atoms with E-state index in [0.717, 1.165) is 43.0 Å². The average molecular weight is 576 g/mol. The molecule has 0 atom stereocenters. The van der Waals surface area contributed by atoms with E-state index >= 15 is 0 Å². The quantitative estimate of drug-likeness (QED) is 0.440. The number of ether oxygens (including phenoxy) is 1. The number of aryl methyl sites for hydroxylation is 1. The molecule has 3 aromatic rings. The van der Waals surface area contributed by atoms with Crippen LogP contribution in [0.2, 0.25) is 0 Å². The molecule has 222 valence electrons. The molecular weight excluding hydrogens is 537 g/mol. The molecule has 0 aliphatic carbocycles. The van der Waals surface area contributed by atoms with E-state index in [1.54, 1.807) is 17.0 Å². The summed E-state index contributed by atoms with van der Waals surface area (Å²) in [7, 11) is 0. The lowest BCUT2D eigenvalue weighted by Gasteiger charge is -2.31. The van der Waals surface area contributed by atoms with Crippen LogP contribution in [-0.4, -0.2) is 109 Å². The molecule has 3 heterocycles. The van der Waals surface area contributed by atoms with E-state index in [1.807, 2.05) is 48.2 Å². The summed E-state index contributed by atoms with van der Waals surface area (Å²) in [6.07, 6.45) is 0.774. The van der Waals surface area contributed by atoms with Crippen molar-refractivity contribution in [3.05, 3.63) is 72.0 Å². The zero-order chi connectivity index (χ0) is 29.3. The number of hydrogen-bond donors (Lipinski definition) is 1. The molecule has 2 aromatic carbocycles. The SMILES string of the molecule is Cc1ccc(NC(=O)N(CCN2CCOCC2)CC(=O)N2CCCN(c3ccc(-c4ccc(F)cc4)nn3)CC2)cc1. The van der Waals surface area contributed by atoms with Crippen molar-refractivity contribution in [1.29, 1.82) is 0 Å². The first-order valence-electron chi connectivity index (χ1n) is 14.5. The van der Waals surface area contributed by atoms with Gasteiger partial charge in [-0.2, -0.15) is 0 Å². The third-order valence-corrected chi connectivity index (χ3v) is 7.67. The highest BCUT2D eigenvalue weighted by atomic mass is 19.1. The molecule has 2 fully saturated rings. The topological polar surface area (TPSA) is 94.1 Å². The number of anilines is 2. The third kappa shape index (κ3) is 8.01. The van der Waals surface area contributed by atoms with Gasteiger partial charge in [-0.25, -0.2) is 9.18 Å². The van der Waals surface area contributed by atoms with Gasteiger partial charge in [-0.3, -0.25) is 9.69 Å². The Hall–Kier alpha value is -4.09. The minimum absolute atomic E-state index is 0.00814. The maximum atomic E-state index is 13.5. The number of rotatable bonds is 8. The van der Waals surface area contributed by atoms with Gasteiger partial charge in [0.1, 0.15) is 12.4 Å². The standard InChI is InChI=1S/C31H38FN7O3/c1-24-3-9-27(10-4-24)33-31(41)39(16-15-36-19-21-42-22-20-36)23-30(40)38-14-2-13-37(17-18-38)29-12-11-28(34-35-29)25-5-7-26(32)8-6-25/h3-12H,2,13-23H2,1H3,(H,33,41). The molecule has 1 aromatic heterocycles. The van der Waals surface area contributed by atoms with Gasteiger partial charge in [-0.1, -0.05) is 17.7 Å². The van der Waals surface area contributed by atoms with Crippen LogP contribution in [0.15, 0.2) is 60.7 Å². The fraction of sp³-hybridized carbons (Fsp3) is 0.419. The Balaban J connectivity index is 1.19. The van der Waals surface area contributed by atoms with Crippen molar-refractivity contribution < 1.29 is 18.7 Å². The second-order valence-corrected chi connectivity index (χ2v) is 10.7. The van der Waals surface area contributed by atoms with E-state index < -0.39 is 0 Å². The van der Waals surface area contributed by atoms with Gasteiger partial charge in [0.25, 0.3) is 0 Å². The molecule has 1 N–H and O–H groups in total. The van der Waals surface area contributed by atoms with Crippen LogP contribution >= 0.6 is 0 Å². The lowest BCUT2D eigenvalue weighted by Crippen LogP contribution is -2.49. The second-order valence-electron chi connectivity index (χ2n) is 10.7. The number of halogens is 1. The summed E-state index contributed by atoms with van der Waals surface area (Å²) in [5.74, 6) is 0.370. The fourth-order valence-electron chi connectivity index (χ4n) is 5.11. The van der Waals surface area contributed by atoms with Crippen LogP contribution in [0.5, 0.6) is 0 Å². The van der Waals surface area contributed by atoms with Crippen molar-refractivity contribution in [3.63, 3.8) is 0 Å². The van der Waals surface area contributed by atoms with Gasteiger partial charge < -0.3 is 24.8 Å². The van der Waals surface area contributed by atoms with Crippen LogP contribution in [0.1, 0.15) is 12.0 Å². The van der Waals surface area contributed by atoms with Crippen LogP contribution in [-0.2, 0) is 9.53 Å². The molecule has 0 saturated carbocycles. The van der Waals surface area contributed by atoms with E-state index in [1.165, 1.54) is 12.1 Å². The maximum absolute atomic E-state index is 13.5. The Bertz CT molecular complexity index is 1320. The monoisotopic (exact) mass is 575 g/mol. The average Bonchev–Trinajstić information content (AvgIpc) is 3.28. The van der Waals surface area contributed by atoms with E-state index in [0.29, 0.717) is 57.3 Å². The molecule has 5 rings (SSSR count). The predicted octanol–water partition coefficient (Wildman–Crippen LogP) is 3.50. The predicted molar refractivity (Wildman–Crippen MR) is 160 cm³/mol. The Kier molecular flexibility index (Phi) is 9.94. The van der Waals surface area contributed by atoms with Crippen molar-refractivity contribution in [2.75, 3.05) is 82.3 Å². The summed E-state index contributed by atoms with van der Waals surface area (Å²) < 4.78 is 18.7. The number of nitrogens with one attached hydrogen (secondary N) is 1. The van der Waals surface area contributed by atoms with Gasteiger partial charge in [-0.05, 0) is 61.9 Å². The minimum atomic E-state index is -0.292. The molecule has 42 heavy (non-hydrogen) atoms. The molecule has 0 bridgehead atoms. The number of benzene rings is 2. The van der Waals surface area contributed by atoms with E-state index in [-0.39, 0.29) is 24.3 Å². The van der Waals surface area contributed by atoms with Crippen molar-refractivity contribution >= 4 is 23.4 Å². The summed E-state index contributed by atoms with van der Waals surface area (Å²) in [5.41, 5.74) is 3.28. The van der Waals surface area contributed by atoms with Gasteiger partial charge in [0.15, 0.2) is 5.82 Å². The molecule has 0 unspecified atom stereocenters. The van der Waals surface area contributed by atoms with Crippen molar-refractivity contribution in [3.8, 4) is 11.3 Å². The third-order valence-electron chi connectivity index (χ3n) is 7.67. The number of hydrogen-bond acceptors (Lipinski definition) is 7. The highest BCUT2D eigenvalue weighted by Crippen LogP contribution is 2.20. The highest BCUT2D eigenvalue weighted by Gasteiger charge is 2.25. The molecule has 3 amide bonds. The summed E-state index contributed by atoms with van der Waals surface area (Å²) in [5, 5.41) is 11.7. The summed E-state index contributed by atoms with van der Waals surface area (Å²) >= 11 is 0. The molecule has 0 radical (unpaired) electrons. The van der Waals surface area contributed by atoms with E-state index in [2.05, 4.69) is 25.3 Å². The van der Waals surface area contributed by atoms with Crippen molar-refractivity contribution in [2.24, 2.45) is 0 Å². The van der Waals surface area contributed by atoms with Gasteiger partial charge in [0.05, 0.1) is 18.9 Å².